The van der Waals surface area contributed by atoms with Gasteiger partial charge >= 0.3 is 5.97 Å². The Morgan fingerprint density at radius 1 is 1.00 bits per heavy atom. The first-order valence-electron chi connectivity index (χ1n) is 8.15. The summed E-state index contributed by atoms with van der Waals surface area (Å²) in [6.07, 6.45) is 0.435. The standard InChI is InChI=1S/C19H16O7/c20-7-3-4-8-25-16(22)10-14(21)15-9-13-17(23)11-5-1-2-6-12(11)18(24)19(13)26-15/h1-2,5-6,9,20H,3-4,7-8,10H2. The van der Waals surface area contributed by atoms with E-state index >= 15 is 0 Å². The van der Waals surface area contributed by atoms with E-state index in [-0.39, 0.29) is 41.4 Å². The van der Waals surface area contributed by atoms with Crippen molar-refractivity contribution in [2.24, 2.45) is 0 Å². The number of benzene rings is 1. The van der Waals surface area contributed by atoms with Crippen LogP contribution in [0.3, 0.4) is 0 Å². The van der Waals surface area contributed by atoms with Gasteiger partial charge in [-0.1, -0.05) is 24.3 Å². The van der Waals surface area contributed by atoms with E-state index < -0.39 is 29.7 Å². The molecule has 0 aliphatic heterocycles. The predicted molar refractivity (Wildman–Crippen MR) is 88.2 cm³/mol. The number of aliphatic hydroxyl groups excluding tert-OH is 1. The Kier molecular flexibility index (Phi) is 5.09. The molecule has 0 spiro atoms. The minimum Gasteiger partial charge on any atom is -0.465 e. The topological polar surface area (TPSA) is 111 Å². The van der Waals surface area contributed by atoms with E-state index in [2.05, 4.69) is 0 Å². The second-order valence-corrected chi connectivity index (χ2v) is 5.81. The van der Waals surface area contributed by atoms with E-state index in [1.807, 2.05) is 0 Å². The molecule has 7 nitrogen and oxygen atoms in total. The van der Waals surface area contributed by atoms with Gasteiger partial charge in [0.05, 0.1) is 12.2 Å². The molecule has 3 rings (SSSR count). The molecule has 0 bridgehead atoms. The minimum absolute atomic E-state index is 0.00111. The molecule has 0 unspecified atom stereocenters. The lowest BCUT2D eigenvalue weighted by Crippen LogP contribution is -2.18. The number of carbonyl (C=O) groups is 4. The van der Waals surface area contributed by atoms with Gasteiger partial charge < -0.3 is 14.3 Å². The Balaban J connectivity index is 1.74. The third-order valence-corrected chi connectivity index (χ3v) is 3.99. The molecule has 0 saturated heterocycles. The maximum atomic E-state index is 12.5. The van der Waals surface area contributed by atoms with Crippen LogP contribution in [0.2, 0.25) is 0 Å². The molecular weight excluding hydrogens is 340 g/mol. The minimum atomic E-state index is -0.733. The number of aliphatic hydroxyl groups is 1. The van der Waals surface area contributed by atoms with Crippen LogP contribution >= 0.6 is 0 Å². The summed E-state index contributed by atoms with van der Waals surface area (Å²) in [5.74, 6) is -2.69. The zero-order valence-electron chi connectivity index (χ0n) is 13.8. The fourth-order valence-electron chi connectivity index (χ4n) is 2.68. The number of rotatable bonds is 7. The van der Waals surface area contributed by atoms with Gasteiger partial charge in [0, 0.05) is 17.7 Å². The van der Waals surface area contributed by atoms with Gasteiger partial charge in [0.25, 0.3) is 0 Å². The molecule has 0 saturated carbocycles. The van der Waals surface area contributed by atoms with Crippen LogP contribution in [0.1, 0.15) is 61.9 Å². The van der Waals surface area contributed by atoms with Gasteiger partial charge in [-0.15, -0.1) is 0 Å². The Hall–Kier alpha value is -3.06. The van der Waals surface area contributed by atoms with Gasteiger partial charge in [-0.25, -0.2) is 0 Å². The number of carbonyl (C=O) groups excluding carboxylic acids is 4. The Morgan fingerprint density at radius 2 is 1.69 bits per heavy atom. The van der Waals surface area contributed by atoms with Crippen LogP contribution < -0.4 is 0 Å². The average molecular weight is 356 g/mol. The highest BCUT2D eigenvalue weighted by molar-refractivity contribution is 6.28. The Morgan fingerprint density at radius 3 is 2.38 bits per heavy atom. The molecule has 7 heteroatoms. The third-order valence-electron chi connectivity index (χ3n) is 3.99. The number of ether oxygens (including phenoxy) is 1. The highest BCUT2D eigenvalue weighted by atomic mass is 16.5. The van der Waals surface area contributed by atoms with Gasteiger partial charge in [0.15, 0.2) is 17.3 Å². The van der Waals surface area contributed by atoms with Crippen LogP contribution in [-0.2, 0) is 9.53 Å². The molecule has 1 heterocycles. The molecule has 1 aliphatic carbocycles. The Bertz CT molecular complexity index is 839. The van der Waals surface area contributed by atoms with Crippen LogP contribution in [0.25, 0.3) is 0 Å². The van der Waals surface area contributed by atoms with Gasteiger partial charge in [-0.05, 0) is 18.9 Å². The fourth-order valence-corrected chi connectivity index (χ4v) is 2.68. The highest BCUT2D eigenvalue weighted by Crippen LogP contribution is 2.30. The van der Waals surface area contributed by atoms with Crippen LogP contribution in [0.15, 0.2) is 34.7 Å². The van der Waals surface area contributed by atoms with Crippen molar-refractivity contribution in [2.45, 2.75) is 19.3 Å². The first-order chi connectivity index (χ1) is 12.5. The monoisotopic (exact) mass is 356 g/mol. The first-order valence-corrected chi connectivity index (χ1v) is 8.15. The number of hydrogen-bond donors (Lipinski definition) is 1. The van der Waals surface area contributed by atoms with Crippen molar-refractivity contribution in [1.29, 1.82) is 0 Å². The summed E-state index contributed by atoms with van der Waals surface area (Å²) in [6, 6.07) is 7.54. The normalized spacial score (nSPS) is 12.5. The lowest BCUT2D eigenvalue weighted by molar-refractivity contribution is -0.142. The van der Waals surface area contributed by atoms with Crippen molar-refractivity contribution in [3.8, 4) is 0 Å². The van der Waals surface area contributed by atoms with E-state index in [1.54, 1.807) is 12.1 Å². The van der Waals surface area contributed by atoms with Crippen molar-refractivity contribution in [2.75, 3.05) is 13.2 Å². The van der Waals surface area contributed by atoms with Crippen molar-refractivity contribution in [1.82, 2.24) is 0 Å². The maximum absolute atomic E-state index is 12.5. The molecule has 26 heavy (non-hydrogen) atoms. The zero-order chi connectivity index (χ0) is 18.7. The lowest BCUT2D eigenvalue weighted by atomic mass is 9.88. The van der Waals surface area contributed by atoms with Crippen molar-refractivity contribution in [3.05, 3.63) is 58.5 Å². The van der Waals surface area contributed by atoms with Crippen molar-refractivity contribution < 1.29 is 33.4 Å². The molecule has 2 aromatic rings. The number of hydrogen-bond acceptors (Lipinski definition) is 7. The predicted octanol–water partition coefficient (Wildman–Crippen LogP) is 1.94. The van der Waals surface area contributed by atoms with Gasteiger partial charge in [0.1, 0.15) is 6.42 Å². The summed E-state index contributed by atoms with van der Waals surface area (Å²) in [5.41, 5.74) is 0.503. The number of fused-ring (bicyclic) bond motifs is 2. The number of ketones is 3. The van der Waals surface area contributed by atoms with Gasteiger partial charge in [-0.3, -0.25) is 19.2 Å². The molecule has 134 valence electrons. The molecular formula is C19H16O7. The quantitative estimate of drug-likeness (QED) is 0.298. The van der Waals surface area contributed by atoms with Crippen LogP contribution in [-0.4, -0.2) is 41.6 Å². The number of Topliss-reactive ketones (excluding diaryl/α,β-unsaturated/α-hetero) is 1. The Labute approximate surface area is 148 Å². The van der Waals surface area contributed by atoms with Crippen molar-refractivity contribution in [3.63, 3.8) is 0 Å². The molecule has 1 N–H and O–H groups in total. The second-order valence-electron chi connectivity index (χ2n) is 5.81. The molecule has 1 aromatic carbocycles. The largest absolute Gasteiger partial charge is 0.465 e. The SMILES string of the molecule is O=C(CC(=O)c1cc2c(o1)C(=O)c1ccccc1C2=O)OCCCCO. The summed E-state index contributed by atoms with van der Waals surface area (Å²) in [5, 5.41) is 8.65. The van der Waals surface area contributed by atoms with E-state index in [1.165, 1.54) is 18.2 Å². The van der Waals surface area contributed by atoms with Crippen LogP contribution in [0.5, 0.6) is 0 Å². The molecule has 1 aliphatic rings. The summed E-state index contributed by atoms with van der Waals surface area (Å²) in [4.78, 5) is 48.8. The fraction of sp³-hybridized carbons (Fsp3) is 0.263. The molecule has 0 amide bonds. The summed E-state index contributed by atoms with van der Waals surface area (Å²) < 4.78 is 10.2. The number of unbranched alkanes of at least 4 members (excludes halogenated alkanes) is 1. The molecule has 0 fully saturated rings. The van der Waals surface area contributed by atoms with E-state index in [4.69, 9.17) is 14.3 Å². The average Bonchev–Trinajstić information content (AvgIpc) is 3.09. The number of furan rings is 1. The second kappa shape index (κ2) is 7.45. The van der Waals surface area contributed by atoms with Gasteiger partial charge in [-0.2, -0.15) is 0 Å². The van der Waals surface area contributed by atoms with Crippen LogP contribution in [0, 0.1) is 0 Å². The number of esters is 1. The molecule has 1 aromatic heterocycles. The summed E-state index contributed by atoms with van der Waals surface area (Å²) in [6.45, 7) is 0.104. The van der Waals surface area contributed by atoms with E-state index in [9.17, 15) is 19.2 Å². The molecule has 0 radical (unpaired) electrons. The van der Waals surface area contributed by atoms with E-state index in [0.29, 0.717) is 12.8 Å². The molecule has 0 atom stereocenters. The highest BCUT2D eigenvalue weighted by Gasteiger charge is 2.34. The lowest BCUT2D eigenvalue weighted by Gasteiger charge is -2.11. The third kappa shape index (κ3) is 3.34. The van der Waals surface area contributed by atoms with E-state index in [0.717, 1.165) is 0 Å². The first kappa shape index (κ1) is 17.8. The summed E-state index contributed by atoms with van der Waals surface area (Å²) >= 11 is 0. The van der Waals surface area contributed by atoms with Crippen LogP contribution in [0.4, 0.5) is 0 Å². The summed E-state index contributed by atoms with van der Waals surface area (Å²) in [7, 11) is 0. The zero-order valence-corrected chi connectivity index (χ0v) is 13.8. The van der Waals surface area contributed by atoms with Gasteiger partial charge in [0.2, 0.25) is 11.6 Å². The maximum Gasteiger partial charge on any atom is 0.313 e. The smallest absolute Gasteiger partial charge is 0.313 e. The van der Waals surface area contributed by atoms with Crippen molar-refractivity contribution >= 4 is 23.3 Å².